The van der Waals surface area contributed by atoms with Crippen LogP contribution in [0.4, 0.5) is 0 Å². The molecule has 0 bridgehead atoms. The molecule has 0 amide bonds. The normalized spacial score (nSPS) is 10.4. The summed E-state index contributed by atoms with van der Waals surface area (Å²) in [5.41, 5.74) is 0.970. The molecule has 1 aromatic carbocycles. The summed E-state index contributed by atoms with van der Waals surface area (Å²) in [7, 11) is 0. The van der Waals surface area contributed by atoms with Gasteiger partial charge in [0.2, 0.25) is 0 Å². The second-order valence-electron chi connectivity index (χ2n) is 2.56. The van der Waals surface area contributed by atoms with Gasteiger partial charge in [-0.05, 0) is 12.5 Å². The van der Waals surface area contributed by atoms with Gasteiger partial charge in [-0.25, -0.2) is 0 Å². The van der Waals surface area contributed by atoms with Crippen LogP contribution in [0, 0.1) is 0 Å². The van der Waals surface area contributed by atoms with Crippen LogP contribution in [-0.2, 0) is 4.74 Å². The fourth-order valence-corrected chi connectivity index (χ4v) is 0.800. The van der Waals surface area contributed by atoms with Crippen molar-refractivity contribution in [3.8, 4) is 0 Å². The van der Waals surface area contributed by atoms with Gasteiger partial charge in [0.15, 0.2) is 0 Å². The zero-order valence-corrected chi connectivity index (χ0v) is 8.39. The van der Waals surface area contributed by atoms with E-state index in [1.165, 1.54) is 12.5 Å². The summed E-state index contributed by atoms with van der Waals surface area (Å²) in [6.07, 6.45) is 2.28. The van der Waals surface area contributed by atoms with E-state index in [-0.39, 0.29) is 6.10 Å². The van der Waals surface area contributed by atoms with Crippen molar-refractivity contribution in [3.05, 3.63) is 61.6 Å². The molecule has 1 aromatic rings. The standard InChI is InChI=1S/C8H10O.C4H6O/c1-7(9)8-5-3-2-4-6-8;1-3-5-4-2/h2-7,9H,1H3;3-4H,1-2H2. The lowest BCUT2D eigenvalue weighted by Crippen LogP contribution is -1.87. The molecule has 0 aliphatic heterocycles. The summed E-state index contributed by atoms with van der Waals surface area (Å²) in [4.78, 5) is 0. The van der Waals surface area contributed by atoms with Gasteiger partial charge in [0, 0.05) is 0 Å². The molecular formula is C12H16O2. The minimum absolute atomic E-state index is 0.341. The van der Waals surface area contributed by atoms with Crippen molar-refractivity contribution in [2.45, 2.75) is 13.0 Å². The third kappa shape index (κ3) is 6.03. The average molecular weight is 192 g/mol. The molecule has 76 valence electrons. The minimum atomic E-state index is -0.341. The van der Waals surface area contributed by atoms with Crippen molar-refractivity contribution >= 4 is 0 Å². The predicted octanol–water partition coefficient (Wildman–Crippen LogP) is 3.03. The summed E-state index contributed by atoms with van der Waals surface area (Å²) < 4.78 is 4.36. The molecular weight excluding hydrogens is 176 g/mol. The number of hydrogen-bond donors (Lipinski definition) is 1. The summed E-state index contributed by atoms with van der Waals surface area (Å²) in [5, 5.41) is 9.02. The second kappa shape index (κ2) is 8.08. The predicted molar refractivity (Wildman–Crippen MR) is 58.6 cm³/mol. The van der Waals surface area contributed by atoms with E-state index in [1.54, 1.807) is 6.92 Å². The van der Waals surface area contributed by atoms with Gasteiger partial charge in [-0.1, -0.05) is 43.5 Å². The fraction of sp³-hybridized carbons (Fsp3) is 0.167. The topological polar surface area (TPSA) is 29.5 Å². The third-order valence-electron chi connectivity index (χ3n) is 1.47. The monoisotopic (exact) mass is 192 g/mol. The van der Waals surface area contributed by atoms with Crippen LogP contribution in [0.5, 0.6) is 0 Å². The smallest absolute Gasteiger partial charge is 0.0829 e. The SMILES string of the molecule is C=COC=C.CC(O)c1ccccc1. The van der Waals surface area contributed by atoms with Crippen LogP contribution in [0.15, 0.2) is 56.0 Å². The lowest BCUT2D eigenvalue weighted by Gasteiger charge is -2.00. The highest BCUT2D eigenvalue weighted by atomic mass is 16.5. The molecule has 0 aromatic heterocycles. The lowest BCUT2D eigenvalue weighted by molar-refractivity contribution is 0.199. The van der Waals surface area contributed by atoms with E-state index in [0.29, 0.717) is 0 Å². The molecule has 1 unspecified atom stereocenters. The van der Waals surface area contributed by atoms with Crippen molar-refractivity contribution < 1.29 is 9.84 Å². The van der Waals surface area contributed by atoms with E-state index < -0.39 is 0 Å². The van der Waals surface area contributed by atoms with E-state index in [9.17, 15) is 0 Å². The van der Waals surface area contributed by atoms with E-state index in [0.717, 1.165) is 5.56 Å². The Morgan fingerprint density at radius 2 is 1.71 bits per heavy atom. The van der Waals surface area contributed by atoms with Crippen LogP contribution in [0.3, 0.4) is 0 Å². The van der Waals surface area contributed by atoms with Crippen LogP contribution in [0.1, 0.15) is 18.6 Å². The fourth-order valence-electron chi connectivity index (χ4n) is 0.800. The van der Waals surface area contributed by atoms with Crippen LogP contribution in [0.25, 0.3) is 0 Å². The average Bonchev–Trinajstić information content (AvgIpc) is 2.21. The first-order chi connectivity index (χ1) is 6.72. The minimum Gasteiger partial charge on any atom is -0.474 e. The first-order valence-corrected chi connectivity index (χ1v) is 4.32. The Kier molecular flexibility index (Phi) is 7.19. The molecule has 0 aliphatic rings. The molecule has 2 heteroatoms. The second-order valence-corrected chi connectivity index (χ2v) is 2.56. The van der Waals surface area contributed by atoms with Gasteiger partial charge in [-0.3, -0.25) is 0 Å². The van der Waals surface area contributed by atoms with Gasteiger partial charge in [0.1, 0.15) is 0 Å². The number of rotatable bonds is 3. The number of benzene rings is 1. The molecule has 1 N–H and O–H groups in total. The Bertz CT molecular complexity index is 246. The van der Waals surface area contributed by atoms with E-state index in [1.807, 2.05) is 30.3 Å². The number of hydrogen-bond acceptors (Lipinski definition) is 2. The zero-order valence-electron chi connectivity index (χ0n) is 8.39. The maximum Gasteiger partial charge on any atom is 0.0829 e. The van der Waals surface area contributed by atoms with Gasteiger partial charge in [-0.2, -0.15) is 0 Å². The Balaban J connectivity index is 0.000000292. The first-order valence-electron chi connectivity index (χ1n) is 4.32. The van der Waals surface area contributed by atoms with Crippen LogP contribution < -0.4 is 0 Å². The van der Waals surface area contributed by atoms with Crippen LogP contribution >= 0.6 is 0 Å². The molecule has 1 rings (SSSR count). The molecule has 0 fully saturated rings. The molecule has 0 aliphatic carbocycles. The van der Waals surface area contributed by atoms with Crippen molar-refractivity contribution in [1.82, 2.24) is 0 Å². The van der Waals surface area contributed by atoms with Gasteiger partial charge < -0.3 is 9.84 Å². The van der Waals surface area contributed by atoms with Crippen LogP contribution in [-0.4, -0.2) is 5.11 Å². The lowest BCUT2D eigenvalue weighted by atomic mass is 10.1. The van der Waals surface area contributed by atoms with Crippen LogP contribution in [0.2, 0.25) is 0 Å². The molecule has 0 spiro atoms. The maximum atomic E-state index is 9.02. The van der Waals surface area contributed by atoms with E-state index in [4.69, 9.17) is 5.11 Å². The van der Waals surface area contributed by atoms with E-state index in [2.05, 4.69) is 17.9 Å². The maximum absolute atomic E-state index is 9.02. The van der Waals surface area contributed by atoms with Gasteiger partial charge in [-0.15, -0.1) is 0 Å². The molecule has 1 atom stereocenters. The zero-order chi connectivity index (χ0) is 10.8. The van der Waals surface area contributed by atoms with Crippen molar-refractivity contribution in [2.24, 2.45) is 0 Å². The van der Waals surface area contributed by atoms with Crippen molar-refractivity contribution in [3.63, 3.8) is 0 Å². The Morgan fingerprint density at radius 1 is 1.21 bits per heavy atom. The van der Waals surface area contributed by atoms with Crippen molar-refractivity contribution in [1.29, 1.82) is 0 Å². The largest absolute Gasteiger partial charge is 0.474 e. The van der Waals surface area contributed by atoms with Gasteiger partial charge in [0.25, 0.3) is 0 Å². The Hall–Kier alpha value is -1.54. The molecule has 14 heavy (non-hydrogen) atoms. The van der Waals surface area contributed by atoms with E-state index >= 15 is 0 Å². The number of aliphatic hydroxyl groups excluding tert-OH is 1. The summed E-state index contributed by atoms with van der Waals surface area (Å²) in [6, 6.07) is 9.59. The Morgan fingerprint density at radius 3 is 1.93 bits per heavy atom. The highest BCUT2D eigenvalue weighted by molar-refractivity contribution is 5.16. The molecule has 2 nitrogen and oxygen atoms in total. The first kappa shape index (κ1) is 12.5. The molecule has 0 saturated heterocycles. The Labute approximate surface area is 85.2 Å². The summed E-state index contributed by atoms with van der Waals surface area (Å²) in [6.45, 7) is 8.27. The van der Waals surface area contributed by atoms with Gasteiger partial charge in [0.05, 0.1) is 18.6 Å². The number of ether oxygens (including phenoxy) is 1. The summed E-state index contributed by atoms with van der Waals surface area (Å²) >= 11 is 0. The molecule has 0 saturated carbocycles. The highest BCUT2D eigenvalue weighted by Crippen LogP contribution is 2.08. The molecule has 0 heterocycles. The quantitative estimate of drug-likeness (QED) is 0.746. The summed E-state index contributed by atoms with van der Waals surface area (Å²) in [5.74, 6) is 0. The van der Waals surface area contributed by atoms with Crippen molar-refractivity contribution in [2.75, 3.05) is 0 Å². The molecule has 0 radical (unpaired) electrons. The highest BCUT2D eigenvalue weighted by Gasteiger charge is 1.95. The van der Waals surface area contributed by atoms with Gasteiger partial charge >= 0.3 is 0 Å². The third-order valence-corrected chi connectivity index (χ3v) is 1.47. The number of aliphatic hydroxyl groups is 1.